The maximum atomic E-state index is 12.8. The first-order chi connectivity index (χ1) is 13.2. The van der Waals surface area contributed by atoms with Gasteiger partial charge in [-0.15, -0.1) is 0 Å². The molecule has 0 spiro atoms. The number of carbonyl (C=O) groups excluding carboxylic acids is 1. The van der Waals surface area contributed by atoms with Crippen LogP contribution in [0.2, 0.25) is 0 Å². The summed E-state index contributed by atoms with van der Waals surface area (Å²) in [6, 6.07) is 18.3. The zero-order chi connectivity index (χ0) is 18.6. The Morgan fingerprint density at radius 2 is 1.78 bits per heavy atom. The number of nitrogens with one attached hydrogen (secondary N) is 1. The third-order valence-corrected chi connectivity index (χ3v) is 5.73. The maximum Gasteiger partial charge on any atom is 0.239 e. The van der Waals surface area contributed by atoms with Gasteiger partial charge in [-0.05, 0) is 48.8 Å². The van der Waals surface area contributed by atoms with E-state index in [2.05, 4.69) is 41.4 Å². The number of H-pyrrole nitrogens is 1. The van der Waals surface area contributed by atoms with Crippen molar-refractivity contribution in [3.63, 3.8) is 0 Å². The summed E-state index contributed by atoms with van der Waals surface area (Å²) in [5, 5.41) is 1.15. The van der Waals surface area contributed by atoms with Gasteiger partial charge in [0.15, 0.2) is 0 Å². The van der Waals surface area contributed by atoms with Gasteiger partial charge in [0.2, 0.25) is 5.91 Å². The van der Waals surface area contributed by atoms with Crippen LogP contribution in [0.3, 0.4) is 0 Å². The molecule has 1 saturated heterocycles. The zero-order valence-electron chi connectivity index (χ0n) is 15.6. The first-order valence-electron chi connectivity index (χ1n) is 9.84. The zero-order valence-corrected chi connectivity index (χ0v) is 15.6. The van der Waals surface area contributed by atoms with E-state index in [9.17, 15) is 4.79 Å². The van der Waals surface area contributed by atoms with Crippen LogP contribution >= 0.6 is 0 Å². The molecule has 3 N–H and O–H groups in total. The lowest BCUT2D eigenvalue weighted by Crippen LogP contribution is -2.48. The summed E-state index contributed by atoms with van der Waals surface area (Å²) < 4.78 is 0. The van der Waals surface area contributed by atoms with Gasteiger partial charge in [0.05, 0.1) is 6.04 Å². The number of piperidine rings is 1. The predicted molar refractivity (Wildman–Crippen MR) is 109 cm³/mol. The summed E-state index contributed by atoms with van der Waals surface area (Å²) in [4.78, 5) is 18.0. The van der Waals surface area contributed by atoms with Gasteiger partial charge in [-0.2, -0.15) is 0 Å². The summed E-state index contributed by atoms with van der Waals surface area (Å²) in [6.07, 6.45) is 5.77. The van der Waals surface area contributed by atoms with E-state index in [1.165, 1.54) is 5.56 Å². The molecule has 4 rings (SSSR count). The molecule has 1 aliphatic heterocycles. The highest BCUT2D eigenvalue weighted by Gasteiger charge is 2.27. The number of nitrogens with zero attached hydrogens (tertiary/aromatic N) is 1. The number of benzene rings is 2. The summed E-state index contributed by atoms with van der Waals surface area (Å²) >= 11 is 0. The monoisotopic (exact) mass is 361 g/mol. The Balaban J connectivity index is 1.32. The minimum absolute atomic E-state index is 0.0819. The van der Waals surface area contributed by atoms with Crippen molar-refractivity contribution in [2.24, 2.45) is 11.7 Å². The standard InChI is InChI=1S/C23H27N3O/c24-21(15-19-16-25-22-9-5-4-8-20(19)22)23(27)26-12-10-18(11-13-26)14-17-6-2-1-3-7-17/h1-9,16,18,21,25H,10-15,24H2. The van der Waals surface area contributed by atoms with Crippen molar-refractivity contribution in [1.29, 1.82) is 0 Å². The van der Waals surface area contributed by atoms with Crippen molar-refractivity contribution >= 4 is 16.8 Å². The number of fused-ring (bicyclic) bond motifs is 1. The third kappa shape index (κ3) is 4.06. The number of para-hydroxylation sites is 1. The topological polar surface area (TPSA) is 62.1 Å². The van der Waals surface area contributed by atoms with Crippen LogP contribution in [0.25, 0.3) is 10.9 Å². The quantitative estimate of drug-likeness (QED) is 0.730. The number of hydrogen-bond donors (Lipinski definition) is 2. The first kappa shape index (κ1) is 17.8. The normalized spacial score (nSPS) is 16.6. The summed E-state index contributed by atoms with van der Waals surface area (Å²) in [5.41, 5.74) is 9.88. The van der Waals surface area contributed by atoms with E-state index in [0.29, 0.717) is 12.3 Å². The highest BCUT2D eigenvalue weighted by atomic mass is 16.2. The van der Waals surface area contributed by atoms with Crippen LogP contribution in [0.5, 0.6) is 0 Å². The lowest BCUT2D eigenvalue weighted by Gasteiger charge is -2.33. The number of hydrogen-bond acceptors (Lipinski definition) is 2. The average Bonchev–Trinajstić information content (AvgIpc) is 3.12. The fourth-order valence-corrected chi connectivity index (χ4v) is 4.16. The molecular weight excluding hydrogens is 334 g/mol. The van der Waals surface area contributed by atoms with Crippen molar-refractivity contribution in [2.75, 3.05) is 13.1 Å². The average molecular weight is 361 g/mol. The molecule has 140 valence electrons. The van der Waals surface area contributed by atoms with Gasteiger partial charge in [0.25, 0.3) is 0 Å². The second-order valence-corrected chi connectivity index (χ2v) is 7.63. The van der Waals surface area contributed by atoms with E-state index in [-0.39, 0.29) is 5.91 Å². The lowest BCUT2D eigenvalue weighted by atomic mass is 9.90. The van der Waals surface area contributed by atoms with E-state index in [0.717, 1.165) is 48.8 Å². The van der Waals surface area contributed by atoms with E-state index in [1.54, 1.807) is 0 Å². The maximum absolute atomic E-state index is 12.8. The molecule has 0 radical (unpaired) electrons. The largest absolute Gasteiger partial charge is 0.361 e. The molecule has 1 atom stereocenters. The molecule has 1 unspecified atom stereocenters. The Morgan fingerprint density at radius 3 is 2.56 bits per heavy atom. The van der Waals surface area contributed by atoms with Crippen LogP contribution in [-0.2, 0) is 17.6 Å². The molecule has 4 heteroatoms. The summed E-state index contributed by atoms with van der Waals surface area (Å²) in [7, 11) is 0. The number of aromatic nitrogens is 1. The predicted octanol–water partition coefficient (Wildman–Crippen LogP) is 3.52. The molecule has 2 heterocycles. The fraction of sp³-hybridized carbons (Fsp3) is 0.348. The van der Waals surface area contributed by atoms with Gasteiger partial charge in [-0.1, -0.05) is 48.5 Å². The van der Waals surface area contributed by atoms with E-state index in [4.69, 9.17) is 5.73 Å². The van der Waals surface area contributed by atoms with Crippen molar-refractivity contribution < 1.29 is 4.79 Å². The molecule has 1 amide bonds. The molecule has 0 aliphatic carbocycles. The number of likely N-dealkylation sites (tertiary alicyclic amines) is 1. The SMILES string of the molecule is NC(Cc1c[nH]c2ccccc12)C(=O)N1CCC(Cc2ccccc2)CC1. The van der Waals surface area contributed by atoms with Crippen molar-refractivity contribution in [3.8, 4) is 0 Å². The summed E-state index contributed by atoms with van der Waals surface area (Å²) in [6.45, 7) is 1.63. The first-order valence-corrected chi connectivity index (χ1v) is 9.84. The molecule has 2 aromatic carbocycles. The highest BCUT2D eigenvalue weighted by molar-refractivity contribution is 5.86. The minimum atomic E-state index is -0.477. The summed E-state index contributed by atoms with van der Waals surface area (Å²) in [5.74, 6) is 0.736. The molecule has 1 fully saturated rings. The number of rotatable bonds is 5. The minimum Gasteiger partial charge on any atom is -0.361 e. The van der Waals surface area contributed by atoms with Gasteiger partial charge < -0.3 is 15.6 Å². The van der Waals surface area contributed by atoms with Gasteiger partial charge in [0.1, 0.15) is 0 Å². The van der Waals surface area contributed by atoms with Gasteiger partial charge in [-0.25, -0.2) is 0 Å². The van der Waals surface area contributed by atoms with E-state index >= 15 is 0 Å². The van der Waals surface area contributed by atoms with E-state index in [1.807, 2.05) is 29.3 Å². The second kappa shape index (κ2) is 7.97. The van der Waals surface area contributed by atoms with Gasteiger partial charge >= 0.3 is 0 Å². The molecule has 0 bridgehead atoms. The van der Waals surface area contributed by atoms with Crippen LogP contribution in [0, 0.1) is 5.92 Å². The number of nitrogens with two attached hydrogens (primary N) is 1. The molecule has 0 saturated carbocycles. The molecule has 1 aromatic heterocycles. The van der Waals surface area contributed by atoms with Crippen LogP contribution in [0.15, 0.2) is 60.8 Å². The highest BCUT2D eigenvalue weighted by Crippen LogP contribution is 2.23. The van der Waals surface area contributed by atoms with E-state index < -0.39 is 6.04 Å². The Bertz CT molecular complexity index is 894. The van der Waals surface area contributed by atoms with Gasteiger partial charge in [-0.3, -0.25) is 4.79 Å². The Labute approximate surface area is 160 Å². The van der Waals surface area contributed by atoms with Crippen molar-refractivity contribution in [1.82, 2.24) is 9.88 Å². The van der Waals surface area contributed by atoms with Crippen LogP contribution in [0.4, 0.5) is 0 Å². The molecule has 3 aromatic rings. The van der Waals surface area contributed by atoms with Crippen molar-refractivity contribution in [2.45, 2.75) is 31.7 Å². The molecule has 27 heavy (non-hydrogen) atoms. The fourth-order valence-electron chi connectivity index (χ4n) is 4.16. The Morgan fingerprint density at radius 1 is 1.07 bits per heavy atom. The number of amides is 1. The number of aromatic amines is 1. The van der Waals surface area contributed by atoms with Crippen LogP contribution in [0.1, 0.15) is 24.0 Å². The smallest absolute Gasteiger partial charge is 0.239 e. The molecular formula is C23H27N3O. The van der Waals surface area contributed by atoms with Crippen LogP contribution in [-0.4, -0.2) is 34.9 Å². The second-order valence-electron chi connectivity index (χ2n) is 7.63. The van der Waals surface area contributed by atoms with Gasteiger partial charge in [0, 0.05) is 30.2 Å². The third-order valence-electron chi connectivity index (χ3n) is 5.73. The van der Waals surface area contributed by atoms with Crippen molar-refractivity contribution in [3.05, 3.63) is 71.9 Å². The molecule has 4 nitrogen and oxygen atoms in total. The molecule has 1 aliphatic rings. The number of carbonyl (C=O) groups is 1. The van der Waals surface area contributed by atoms with Crippen LogP contribution < -0.4 is 5.73 Å². The lowest BCUT2D eigenvalue weighted by molar-refractivity contribution is -0.133. The Hall–Kier alpha value is -2.59. The Kier molecular flexibility index (Phi) is 5.26.